The van der Waals surface area contributed by atoms with Crippen molar-refractivity contribution >= 4 is 23.3 Å². The van der Waals surface area contributed by atoms with Crippen molar-refractivity contribution in [1.29, 1.82) is 0 Å². The SMILES string of the molecule is COc1nc(OC)c([N+](=O)[O-])c(C(C=O)N=Nc2ccc([N+](=O)[O-])cc2)n1. The molecule has 0 N–H and O–H groups in total. The number of aromatic nitrogens is 2. The minimum absolute atomic E-state index is 0.151. The van der Waals surface area contributed by atoms with Gasteiger partial charge in [0.2, 0.25) is 0 Å². The number of hydrogen-bond acceptors (Lipinski definition) is 11. The normalized spacial score (nSPS) is 11.8. The lowest BCUT2D eigenvalue weighted by Crippen LogP contribution is -2.09. The van der Waals surface area contributed by atoms with Crippen molar-refractivity contribution in [3.8, 4) is 11.9 Å². The summed E-state index contributed by atoms with van der Waals surface area (Å²) in [6.45, 7) is 0. The number of nitrogens with zero attached hydrogens (tertiary/aromatic N) is 6. The first kappa shape index (κ1) is 19.3. The molecule has 2 rings (SSSR count). The molecule has 1 aromatic heterocycles. The Hall–Kier alpha value is -4.03. The van der Waals surface area contributed by atoms with E-state index >= 15 is 0 Å². The third-order valence-corrected chi connectivity index (χ3v) is 3.18. The third kappa shape index (κ3) is 4.33. The van der Waals surface area contributed by atoms with Crippen LogP contribution in [0.2, 0.25) is 0 Å². The van der Waals surface area contributed by atoms with Gasteiger partial charge < -0.3 is 14.3 Å². The van der Waals surface area contributed by atoms with Crippen LogP contribution in [0.15, 0.2) is 34.5 Å². The zero-order valence-electron chi connectivity index (χ0n) is 14.0. The first-order valence-corrected chi connectivity index (χ1v) is 7.16. The maximum atomic E-state index is 11.4. The molecule has 0 bridgehead atoms. The summed E-state index contributed by atoms with van der Waals surface area (Å²) in [5, 5.41) is 29.5. The van der Waals surface area contributed by atoms with Crippen molar-refractivity contribution in [2.24, 2.45) is 10.2 Å². The van der Waals surface area contributed by atoms with Crippen molar-refractivity contribution in [2.45, 2.75) is 6.04 Å². The molecular formula is C14H12N6O7. The van der Waals surface area contributed by atoms with Gasteiger partial charge in [0.05, 0.1) is 29.8 Å². The summed E-state index contributed by atoms with van der Waals surface area (Å²) in [6.07, 6.45) is 0.295. The predicted octanol–water partition coefficient (Wildman–Crippen LogP) is 2.33. The van der Waals surface area contributed by atoms with Crippen LogP contribution in [-0.4, -0.2) is 40.3 Å². The van der Waals surface area contributed by atoms with Crippen LogP contribution >= 0.6 is 0 Å². The summed E-state index contributed by atoms with van der Waals surface area (Å²) in [7, 11) is 2.39. The Morgan fingerprint density at radius 2 is 1.74 bits per heavy atom. The van der Waals surface area contributed by atoms with Gasteiger partial charge in [-0.15, -0.1) is 0 Å². The Bertz CT molecular complexity index is 900. The number of ether oxygens (including phenoxy) is 2. The molecule has 0 fully saturated rings. The number of nitro groups is 2. The molecule has 0 saturated heterocycles. The van der Waals surface area contributed by atoms with Crippen LogP contribution in [0.5, 0.6) is 11.9 Å². The lowest BCUT2D eigenvalue weighted by Gasteiger charge is -2.09. The number of methoxy groups -OCH3 is 2. The minimum Gasteiger partial charge on any atom is -0.476 e. The number of aldehydes is 1. The number of carbonyl (C=O) groups is 1. The van der Waals surface area contributed by atoms with E-state index in [9.17, 15) is 25.0 Å². The van der Waals surface area contributed by atoms with Gasteiger partial charge in [-0.2, -0.15) is 20.2 Å². The first-order chi connectivity index (χ1) is 12.9. The van der Waals surface area contributed by atoms with Crippen LogP contribution in [-0.2, 0) is 4.79 Å². The number of carbonyl (C=O) groups excluding carboxylic acids is 1. The molecule has 140 valence electrons. The quantitative estimate of drug-likeness (QED) is 0.290. The van der Waals surface area contributed by atoms with Gasteiger partial charge in [0.25, 0.3) is 5.69 Å². The molecule has 0 saturated carbocycles. The van der Waals surface area contributed by atoms with Gasteiger partial charge in [0.1, 0.15) is 0 Å². The fourth-order valence-corrected chi connectivity index (χ4v) is 1.96. The largest absolute Gasteiger partial charge is 0.476 e. The summed E-state index contributed by atoms with van der Waals surface area (Å²) >= 11 is 0. The van der Waals surface area contributed by atoms with Crippen molar-refractivity contribution in [1.82, 2.24) is 9.97 Å². The minimum atomic E-state index is -1.45. The Morgan fingerprint density at radius 3 is 2.22 bits per heavy atom. The van der Waals surface area contributed by atoms with Crippen molar-refractivity contribution in [2.75, 3.05) is 14.2 Å². The maximum absolute atomic E-state index is 11.4. The van der Waals surface area contributed by atoms with Crippen LogP contribution in [0.1, 0.15) is 11.7 Å². The Labute approximate surface area is 151 Å². The summed E-state index contributed by atoms with van der Waals surface area (Å²) in [5.74, 6) is -0.403. The van der Waals surface area contributed by atoms with Crippen molar-refractivity contribution < 1.29 is 24.1 Å². The summed E-state index contributed by atoms with van der Waals surface area (Å²) < 4.78 is 9.71. The number of hydrogen-bond donors (Lipinski definition) is 0. The van der Waals surface area contributed by atoms with Crippen molar-refractivity contribution in [3.05, 3.63) is 50.2 Å². The molecule has 1 atom stereocenters. The molecular weight excluding hydrogens is 364 g/mol. The third-order valence-electron chi connectivity index (χ3n) is 3.18. The van der Waals surface area contributed by atoms with Gasteiger partial charge in [0.15, 0.2) is 18.0 Å². The maximum Gasteiger partial charge on any atom is 0.355 e. The molecule has 1 aromatic carbocycles. The highest BCUT2D eigenvalue weighted by molar-refractivity contribution is 5.65. The summed E-state index contributed by atoms with van der Waals surface area (Å²) in [5.41, 5.74) is -0.979. The van der Waals surface area contributed by atoms with Crippen molar-refractivity contribution in [3.63, 3.8) is 0 Å². The molecule has 13 heteroatoms. The summed E-state index contributed by atoms with van der Waals surface area (Å²) in [6, 6.07) is 3.29. The number of benzene rings is 1. The Balaban J connectivity index is 2.45. The Kier molecular flexibility index (Phi) is 5.98. The number of azo groups is 1. The fraction of sp³-hybridized carbons (Fsp3) is 0.214. The average Bonchev–Trinajstić information content (AvgIpc) is 2.67. The van der Waals surface area contributed by atoms with E-state index in [0.29, 0.717) is 6.29 Å². The van der Waals surface area contributed by atoms with Crippen LogP contribution in [0, 0.1) is 20.2 Å². The average molecular weight is 376 g/mol. The van der Waals surface area contributed by atoms with E-state index < -0.39 is 27.5 Å². The molecule has 0 aliphatic carbocycles. The van der Waals surface area contributed by atoms with E-state index in [1.165, 1.54) is 31.4 Å². The zero-order valence-corrected chi connectivity index (χ0v) is 14.0. The molecule has 0 amide bonds. The lowest BCUT2D eigenvalue weighted by atomic mass is 10.2. The number of non-ortho nitro benzene ring substituents is 1. The van der Waals surface area contributed by atoms with Crippen LogP contribution in [0.4, 0.5) is 17.1 Å². The van der Waals surface area contributed by atoms with Gasteiger partial charge >= 0.3 is 17.6 Å². The second-order valence-electron chi connectivity index (χ2n) is 4.78. The van der Waals surface area contributed by atoms with Gasteiger partial charge in [-0.05, 0) is 12.1 Å². The molecule has 1 unspecified atom stereocenters. The zero-order chi connectivity index (χ0) is 20.0. The van der Waals surface area contributed by atoms with E-state index in [1.54, 1.807) is 0 Å². The highest BCUT2D eigenvalue weighted by Gasteiger charge is 2.31. The Morgan fingerprint density at radius 1 is 1.07 bits per heavy atom. The molecule has 0 radical (unpaired) electrons. The molecule has 13 nitrogen and oxygen atoms in total. The number of rotatable bonds is 8. The van der Waals surface area contributed by atoms with E-state index in [-0.39, 0.29) is 23.1 Å². The molecule has 27 heavy (non-hydrogen) atoms. The second-order valence-corrected chi connectivity index (χ2v) is 4.78. The van der Waals surface area contributed by atoms with E-state index in [0.717, 1.165) is 7.11 Å². The first-order valence-electron chi connectivity index (χ1n) is 7.16. The van der Waals surface area contributed by atoms with Crippen LogP contribution in [0.25, 0.3) is 0 Å². The standard InChI is InChI=1S/C14H12N6O7/c1-26-13-12(20(24)25)11(15-14(16-13)27-2)10(7-21)18-17-8-3-5-9(6-4-8)19(22)23/h3-7,10H,1-2H3. The van der Waals surface area contributed by atoms with E-state index in [2.05, 4.69) is 20.2 Å². The number of nitro benzene ring substituents is 1. The molecule has 0 aliphatic heterocycles. The monoisotopic (exact) mass is 376 g/mol. The summed E-state index contributed by atoms with van der Waals surface area (Å²) in [4.78, 5) is 39.5. The molecule has 1 heterocycles. The van der Waals surface area contributed by atoms with Gasteiger partial charge in [-0.25, -0.2) is 0 Å². The van der Waals surface area contributed by atoms with Crippen LogP contribution < -0.4 is 9.47 Å². The fourth-order valence-electron chi connectivity index (χ4n) is 1.96. The topological polar surface area (TPSA) is 172 Å². The van der Waals surface area contributed by atoms with Crippen LogP contribution in [0.3, 0.4) is 0 Å². The second kappa shape index (κ2) is 8.37. The smallest absolute Gasteiger partial charge is 0.355 e. The van der Waals surface area contributed by atoms with E-state index in [4.69, 9.17) is 9.47 Å². The van der Waals surface area contributed by atoms with Gasteiger partial charge in [0, 0.05) is 12.1 Å². The molecule has 0 spiro atoms. The highest BCUT2D eigenvalue weighted by Crippen LogP contribution is 2.34. The lowest BCUT2D eigenvalue weighted by molar-refractivity contribution is -0.387. The van der Waals surface area contributed by atoms with Gasteiger partial charge in [-0.3, -0.25) is 20.2 Å². The molecule has 0 aliphatic rings. The predicted molar refractivity (Wildman–Crippen MR) is 88.2 cm³/mol. The van der Waals surface area contributed by atoms with Gasteiger partial charge in [-0.1, -0.05) is 0 Å². The molecule has 2 aromatic rings. The van der Waals surface area contributed by atoms with E-state index in [1.807, 2.05) is 0 Å². The highest BCUT2D eigenvalue weighted by atomic mass is 16.6.